The maximum Gasteiger partial charge on any atom is 0.258 e. The number of nitrogens with one attached hydrogen (secondary N) is 1. The van der Waals surface area contributed by atoms with E-state index in [9.17, 15) is 17.6 Å². The second-order valence-electron chi connectivity index (χ2n) is 8.74. The number of sulfonamides is 1. The summed E-state index contributed by atoms with van der Waals surface area (Å²) in [6.45, 7) is 4.94. The third-order valence-electron chi connectivity index (χ3n) is 5.72. The lowest BCUT2D eigenvalue weighted by Crippen LogP contribution is -2.28. The summed E-state index contributed by atoms with van der Waals surface area (Å²) in [4.78, 5) is 14.7. The molecule has 0 radical (unpaired) electrons. The van der Waals surface area contributed by atoms with Gasteiger partial charge in [0, 0.05) is 24.3 Å². The topological polar surface area (TPSA) is 66.5 Å². The van der Waals surface area contributed by atoms with E-state index >= 15 is 0 Å². The smallest absolute Gasteiger partial charge is 0.258 e. The fourth-order valence-electron chi connectivity index (χ4n) is 4.06. The van der Waals surface area contributed by atoms with E-state index in [0.717, 1.165) is 28.8 Å². The number of benzene rings is 3. The monoisotopic (exact) mass is 466 g/mol. The number of carbonyl (C=O) groups excluding carboxylic acids is 1. The average molecular weight is 467 g/mol. The second kappa shape index (κ2) is 9.45. The van der Waals surface area contributed by atoms with E-state index in [2.05, 4.69) is 18.6 Å². The van der Waals surface area contributed by atoms with Gasteiger partial charge in [-0.05, 0) is 77.9 Å². The molecule has 0 aromatic heterocycles. The summed E-state index contributed by atoms with van der Waals surface area (Å²) in [5.41, 5.74) is 4.16. The van der Waals surface area contributed by atoms with Crippen molar-refractivity contribution >= 4 is 21.6 Å². The summed E-state index contributed by atoms with van der Waals surface area (Å²) in [6.07, 6.45) is 1.59. The van der Waals surface area contributed by atoms with E-state index in [0.29, 0.717) is 24.4 Å². The summed E-state index contributed by atoms with van der Waals surface area (Å²) in [5.74, 6) is -0.0533. The molecule has 4 rings (SSSR count). The van der Waals surface area contributed by atoms with Gasteiger partial charge in [-0.15, -0.1) is 0 Å². The van der Waals surface area contributed by atoms with E-state index < -0.39 is 10.0 Å². The van der Waals surface area contributed by atoms with Crippen LogP contribution in [0.5, 0.6) is 0 Å². The molecule has 0 spiro atoms. The van der Waals surface area contributed by atoms with Crippen molar-refractivity contribution in [3.05, 3.63) is 94.8 Å². The van der Waals surface area contributed by atoms with Gasteiger partial charge >= 0.3 is 0 Å². The van der Waals surface area contributed by atoms with Crippen LogP contribution in [0.4, 0.5) is 10.1 Å². The molecule has 1 aliphatic heterocycles. The van der Waals surface area contributed by atoms with Gasteiger partial charge in [0.2, 0.25) is 10.0 Å². The lowest BCUT2D eigenvalue weighted by Gasteiger charge is -2.18. The zero-order chi connectivity index (χ0) is 23.6. The van der Waals surface area contributed by atoms with Crippen molar-refractivity contribution in [1.82, 2.24) is 4.72 Å². The largest absolute Gasteiger partial charge is 0.308 e. The van der Waals surface area contributed by atoms with Crippen molar-refractivity contribution < 1.29 is 17.6 Å². The van der Waals surface area contributed by atoms with Crippen molar-refractivity contribution in [2.45, 2.75) is 38.1 Å². The summed E-state index contributed by atoms with van der Waals surface area (Å²) in [5, 5.41) is 0. The van der Waals surface area contributed by atoms with Crippen molar-refractivity contribution in [2.24, 2.45) is 5.92 Å². The lowest BCUT2D eigenvalue weighted by molar-refractivity contribution is 0.0989. The normalized spacial score (nSPS) is 13.4. The predicted molar refractivity (Wildman–Crippen MR) is 127 cm³/mol. The Balaban J connectivity index is 1.43. The number of carbonyl (C=O) groups is 1. The molecule has 0 bridgehead atoms. The molecule has 3 aromatic rings. The molecule has 33 heavy (non-hydrogen) atoms. The summed E-state index contributed by atoms with van der Waals surface area (Å²) in [7, 11) is -3.63. The van der Waals surface area contributed by atoms with E-state index in [-0.39, 0.29) is 23.2 Å². The van der Waals surface area contributed by atoms with Gasteiger partial charge in [-0.3, -0.25) is 4.79 Å². The van der Waals surface area contributed by atoms with Crippen LogP contribution in [-0.4, -0.2) is 20.9 Å². The number of halogens is 1. The Kier molecular flexibility index (Phi) is 6.63. The Labute approximate surface area is 194 Å². The molecule has 3 aromatic carbocycles. The Hall–Kier alpha value is -3.03. The number of amides is 1. The van der Waals surface area contributed by atoms with Gasteiger partial charge in [-0.1, -0.05) is 38.1 Å². The minimum Gasteiger partial charge on any atom is -0.308 e. The first-order chi connectivity index (χ1) is 15.7. The van der Waals surface area contributed by atoms with Crippen LogP contribution in [0.15, 0.2) is 71.6 Å². The van der Waals surface area contributed by atoms with Crippen LogP contribution < -0.4 is 9.62 Å². The quantitative estimate of drug-likeness (QED) is 0.549. The molecule has 5 nitrogen and oxygen atoms in total. The van der Waals surface area contributed by atoms with Gasteiger partial charge in [-0.2, -0.15) is 0 Å². The first kappa shape index (κ1) is 23.1. The van der Waals surface area contributed by atoms with Crippen LogP contribution in [0.2, 0.25) is 0 Å². The van der Waals surface area contributed by atoms with Crippen LogP contribution in [0.1, 0.15) is 40.9 Å². The minimum atomic E-state index is -3.63. The van der Waals surface area contributed by atoms with Gasteiger partial charge in [0.1, 0.15) is 5.82 Å². The van der Waals surface area contributed by atoms with Crippen molar-refractivity contribution in [3.63, 3.8) is 0 Å². The van der Waals surface area contributed by atoms with Gasteiger partial charge < -0.3 is 4.90 Å². The Morgan fingerprint density at radius 3 is 2.33 bits per heavy atom. The van der Waals surface area contributed by atoms with Crippen LogP contribution in [0, 0.1) is 11.7 Å². The highest BCUT2D eigenvalue weighted by molar-refractivity contribution is 7.89. The fourth-order valence-corrected chi connectivity index (χ4v) is 5.08. The Morgan fingerprint density at radius 2 is 1.67 bits per heavy atom. The summed E-state index contributed by atoms with van der Waals surface area (Å²) >= 11 is 0. The average Bonchev–Trinajstić information content (AvgIpc) is 3.21. The predicted octanol–water partition coefficient (Wildman–Crippen LogP) is 4.71. The van der Waals surface area contributed by atoms with Gasteiger partial charge in [-0.25, -0.2) is 17.5 Å². The van der Waals surface area contributed by atoms with Crippen molar-refractivity contribution in [1.29, 1.82) is 0 Å². The van der Waals surface area contributed by atoms with E-state index in [4.69, 9.17) is 0 Å². The van der Waals surface area contributed by atoms with Gasteiger partial charge in [0.25, 0.3) is 5.91 Å². The van der Waals surface area contributed by atoms with Gasteiger partial charge in [0.05, 0.1) is 4.90 Å². The van der Waals surface area contributed by atoms with Gasteiger partial charge in [0.15, 0.2) is 0 Å². The van der Waals surface area contributed by atoms with E-state index in [1.165, 1.54) is 24.3 Å². The van der Waals surface area contributed by atoms with E-state index in [1.54, 1.807) is 17.0 Å². The molecule has 172 valence electrons. The van der Waals surface area contributed by atoms with Crippen LogP contribution >= 0.6 is 0 Å². The second-order valence-corrected chi connectivity index (χ2v) is 10.5. The van der Waals surface area contributed by atoms with Crippen molar-refractivity contribution in [3.8, 4) is 0 Å². The number of nitrogens with zero attached hydrogens (tertiary/aromatic N) is 1. The van der Waals surface area contributed by atoms with E-state index in [1.807, 2.05) is 30.3 Å². The molecule has 1 N–H and O–H groups in total. The molecule has 0 unspecified atom stereocenters. The standard InChI is InChI=1S/C26H27FN2O3S/c1-18(2)15-19-3-10-24(11-4-19)33(31,32)28-17-20-5-12-25-22(16-20)13-14-29(25)26(30)21-6-8-23(27)9-7-21/h3-12,16,18,28H,13-15,17H2,1-2H3. The molecule has 0 saturated carbocycles. The summed E-state index contributed by atoms with van der Waals surface area (Å²) in [6, 6.07) is 18.1. The Bertz CT molecular complexity index is 1250. The number of anilines is 1. The maximum absolute atomic E-state index is 13.2. The molecule has 1 heterocycles. The zero-order valence-corrected chi connectivity index (χ0v) is 19.5. The summed E-state index contributed by atoms with van der Waals surface area (Å²) < 4.78 is 41.2. The third kappa shape index (κ3) is 5.31. The SMILES string of the molecule is CC(C)Cc1ccc(S(=O)(=O)NCc2ccc3c(c2)CCN3C(=O)c2ccc(F)cc2)cc1. The highest BCUT2D eigenvalue weighted by Gasteiger charge is 2.26. The lowest BCUT2D eigenvalue weighted by atomic mass is 10.0. The maximum atomic E-state index is 13.2. The Morgan fingerprint density at radius 1 is 1.00 bits per heavy atom. The number of hydrogen-bond acceptors (Lipinski definition) is 3. The minimum absolute atomic E-state index is 0.162. The molecule has 7 heteroatoms. The van der Waals surface area contributed by atoms with Crippen LogP contribution in [-0.2, 0) is 29.4 Å². The molecule has 1 amide bonds. The van der Waals surface area contributed by atoms with Crippen LogP contribution in [0.25, 0.3) is 0 Å². The van der Waals surface area contributed by atoms with Crippen LogP contribution in [0.3, 0.4) is 0 Å². The molecule has 0 fully saturated rings. The zero-order valence-electron chi connectivity index (χ0n) is 18.7. The highest BCUT2D eigenvalue weighted by Crippen LogP contribution is 2.30. The first-order valence-electron chi connectivity index (χ1n) is 11.0. The first-order valence-corrected chi connectivity index (χ1v) is 12.5. The fraction of sp³-hybridized carbons (Fsp3) is 0.269. The number of hydrogen-bond donors (Lipinski definition) is 1. The number of fused-ring (bicyclic) bond motifs is 1. The van der Waals surface area contributed by atoms with Crippen molar-refractivity contribution in [2.75, 3.05) is 11.4 Å². The number of rotatable bonds is 7. The highest BCUT2D eigenvalue weighted by atomic mass is 32.2. The molecular formula is C26H27FN2O3S. The third-order valence-corrected chi connectivity index (χ3v) is 7.14. The molecule has 0 atom stereocenters. The molecule has 0 aliphatic carbocycles. The molecule has 0 saturated heterocycles. The molecular weight excluding hydrogens is 439 g/mol. The molecule has 1 aliphatic rings.